The van der Waals surface area contributed by atoms with E-state index < -0.39 is 17.9 Å². The summed E-state index contributed by atoms with van der Waals surface area (Å²) in [4.78, 5) is 0. The van der Waals surface area contributed by atoms with Gasteiger partial charge in [-0.3, -0.25) is 0 Å². The minimum atomic E-state index is -2.47. The lowest BCUT2D eigenvalue weighted by Crippen LogP contribution is -2.26. The van der Waals surface area contributed by atoms with Gasteiger partial charge in [-0.15, -0.1) is 0 Å². The van der Waals surface area contributed by atoms with Crippen LogP contribution in [-0.2, 0) is 0 Å². The Balaban J connectivity index is 1.75. The highest BCUT2D eigenvalue weighted by Gasteiger charge is 2.57. The van der Waals surface area contributed by atoms with Gasteiger partial charge in [-0.2, -0.15) is 11.8 Å². The Morgan fingerprint density at radius 2 is 2.21 bits per heavy atom. The van der Waals surface area contributed by atoms with Crippen LogP contribution in [0.2, 0.25) is 0 Å². The number of hydrogen-bond acceptors (Lipinski definition) is 2. The van der Waals surface area contributed by atoms with Gasteiger partial charge in [-0.05, 0) is 36.7 Å². The van der Waals surface area contributed by atoms with Crippen molar-refractivity contribution < 1.29 is 13.9 Å². The fraction of sp³-hybridized carbons (Fsp3) is 1.00. The number of hydrogen-bond donors (Lipinski definition) is 1. The Morgan fingerprint density at radius 1 is 1.50 bits per heavy atom. The second-order valence-electron chi connectivity index (χ2n) is 4.44. The molecule has 3 unspecified atom stereocenters. The maximum Gasteiger partial charge on any atom is 0.251 e. The van der Waals surface area contributed by atoms with Crippen molar-refractivity contribution in [1.82, 2.24) is 0 Å². The highest BCUT2D eigenvalue weighted by Crippen LogP contribution is 2.51. The molecule has 2 fully saturated rings. The zero-order chi connectivity index (χ0) is 10.2. The third-order valence-electron chi connectivity index (χ3n) is 3.22. The van der Waals surface area contributed by atoms with Gasteiger partial charge in [-0.1, -0.05) is 0 Å². The normalized spacial score (nSPS) is 37.9. The van der Waals surface area contributed by atoms with E-state index in [4.69, 9.17) is 0 Å². The first kappa shape index (κ1) is 10.7. The summed E-state index contributed by atoms with van der Waals surface area (Å²) in [6, 6.07) is 0. The van der Waals surface area contributed by atoms with Gasteiger partial charge in [-0.25, -0.2) is 8.78 Å². The predicted molar refractivity (Wildman–Crippen MR) is 53.7 cm³/mol. The molecule has 1 aliphatic carbocycles. The minimum Gasteiger partial charge on any atom is -0.393 e. The van der Waals surface area contributed by atoms with Crippen LogP contribution in [0.15, 0.2) is 0 Å². The summed E-state index contributed by atoms with van der Waals surface area (Å²) in [5, 5.41) is 9.77. The van der Waals surface area contributed by atoms with Gasteiger partial charge in [0.15, 0.2) is 0 Å². The molecule has 0 amide bonds. The van der Waals surface area contributed by atoms with E-state index in [1.807, 2.05) is 11.8 Å². The van der Waals surface area contributed by atoms with Crippen LogP contribution in [0.1, 0.15) is 25.7 Å². The monoisotopic (exact) mass is 222 g/mol. The first-order chi connectivity index (χ1) is 6.59. The molecule has 1 nitrogen and oxygen atoms in total. The highest BCUT2D eigenvalue weighted by atomic mass is 32.2. The Labute approximate surface area is 87.3 Å². The van der Waals surface area contributed by atoms with Crippen molar-refractivity contribution >= 4 is 11.8 Å². The molecule has 1 heterocycles. The lowest BCUT2D eigenvalue weighted by atomic mass is 9.95. The molecule has 1 N–H and O–H groups in total. The molecule has 1 saturated heterocycles. The van der Waals surface area contributed by atoms with Crippen molar-refractivity contribution in [3.63, 3.8) is 0 Å². The second kappa shape index (κ2) is 3.97. The van der Waals surface area contributed by atoms with Crippen molar-refractivity contribution in [3.05, 3.63) is 0 Å². The van der Waals surface area contributed by atoms with Gasteiger partial charge in [0.25, 0.3) is 5.92 Å². The lowest BCUT2D eigenvalue weighted by Gasteiger charge is -2.26. The third kappa shape index (κ3) is 2.40. The average molecular weight is 222 g/mol. The van der Waals surface area contributed by atoms with E-state index in [1.54, 1.807) is 0 Å². The van der Waals surface area contributed by atoms with Gasteiger partial charge < -0.3 is 5.11 Å². The minimum absolute atomic E-state index is 0.01000. The number of aliphatic hydroxyl groups excluding tert-OH is 1. The topological polar surface area (TPSA) is 20.2 Å². The molecule has 1 saturated carbocycles. The molecule has 1 aliphatic heterocycles. The first-order valence-electron chi connectivity index (χ1n) is 5.23. The second-order valence-corrected chi connectivity index (χ2v) is 5.59. The molecule has 2 rings (SSSR count). The van der Waals surface area contributed by atoms with Crippen LogP contribution in [0.3, 0.4) is 0 Å². The molecule has 0 radical (unpaired) electrons. The van der Waals surface area contributed by atoms with E-state index in [-0.39, 0.29) is 12.3 Å². The number of halogens is 2. The molecule has 4 heteroatoms. The van der Waals surface area contributed by atoms with Crippen molar-refractivity contribution in [2.45, 2.75) is 37.7 Å². The van der Waals surface area contributed by atoms with Crippen molar-refractivity contribution in [2.24, 2.45) is 11.8 Å². The van der Waals surface area contributed by atoms with Gasteiger partial charge in [0.05, 0.1) is 6.10 Å². The summed E-state index contributed by atoms with van der Waals surface area (Å²) >= 11 is 1.83. The summed E-state index contributed by atoms with van der Waals surface area (Å²) in [5.41, 5.74) is 0. The maximum absolute atomic E-state index is 12.6. The van der Waals surface area contributed by atoms with E-state index >= 15 is 0 Å². The molecular formula is C10H16F2OS. The van der Waals surface area contributed by atoms with Gasteiger partial charge in [0, 0.05) is 12.3 Å². The third-order valence-corrected chi connectivity index (χ3v) is 4.46. The van der Waals surface area contributed by atoms with Crippen LogP contribution >= 0.6 is 11.8 Å². The molecule has 0 aromatic rings. The molecule has 0 spiro atoms. The summed E-state index contributed by atoms with van der Waals surface area (Å²) < 4.78 is 25.2. The molecule has 0 aromatic carbocycles. The number of rotatable bonds is 3. The van der Waals surface area contributed by atoms with E-state index in [9.17, 15) is 13.9 Å². The van der Waals surface area contributed by atoms with Gasteiger partial charge in [0.1, 0.15) is 0 Å². The number of alkyl halides is 2. The van der Waals surface area contributed by atoms with Crippen LogP contribution in [-0.4, -0.2) is 28.6 Å². The van der Waals surface area contributed by atoms with Crippen LogP contribution in [0, 0.1) is 11.8 Å². The van der Waals surface area contributed by atoms with Gasteiger partial charge in [0.2, 0.25) is 0 Å². The van der Waals surface area contributed by atoms with E-state index in [2.05, 4.69) is 0 Å². The molecule has 82 valence electrons. The molecule has 0 aromatic heterocycles. The number of aliphatic hydroxyl groups is 1. The Morgan fingerprint density at radius 3 is 2.71 bits per heavy atom. The summed E-state index contributed by atoms with van der Waals surface area (Å²) in [7, 11) is 0. The largest absolute Gasteiger partial charge is 0.393 e. The Hall–Kier alpha value is 0.170. The van der Waals surface area contributed by atoms with Crippen LogP contribution in [0.4, 0.5) is 8.78 Å². The van der Waals surface area contributed by atoms with Crippen LogP contribution in [0.5, 0.6) is 0 Å². The van der Waals surface area contributed by atoms with Crippen LogP contribution < -0.4 is 0 Å². The zero-order valence-electron chi connectivity index (χ0n) is 8.09. The molecular weight excluding hydrogens is 206 g/mol. The smallest absolute Gasteiger partial charge is 0.251 e. The lowest BCUT2D eigenvalue weighted by molar-refractivity contribution is 0.0574. The summed E-state index contributed by atoms with van der Waals surface area (Å²) in [6.45, 7) is 0. The molecule has 14 heavy (non-hydrogen) atoms. The maximum atomic E-state index is 12.6. The van der Waals surface area contributed by atoms with E-state index in [0.29, 0.717) is 6.42 Å². The van der Waals surface area contributed by atoms with E-state index in [1.165, 1.54) is 0 Å². The highest BCUT2D eigenvalue weighted by molar-refractivity contribution is 7.99. The van der Waals surface area contributed by atoms with Crippen molar-refractivity contribution in [3.8, 4) is 0 Å². The standard InChI is InChI=1S/C10H16F2OS/c11-10(12)5-8(10)4-9(13)7-2-1-3-14-6-7/h7-9,13H,1-6H2. The Bertz CT molecular complexity index is 204. The fourth-order valence-electron chi connectivity index (χ4n) is 2.08. The SMILES string of the molecule is OC(CC1CC1(F)F)C1CCCSC1. The fourth-order valence-corrected chi connectivity index (χ4v) is 3.31. The number of thioether (sulfide) groups is 1. The van der Waals surface area contributed by atoms with Crippen LogP contribution in [0.25, 0.3) is 0 Å². The first-order valence-corrected chi connectivity index (χ1v) is 6.39. The molecule has 3 atom stereocenters. The molecule has 0 bridgehead atoms. The van der Waals surface area contributed by atoms with E-state index in [0.717, 1.165) is 24.3 Å². The average Bonchev–Trinajstić information content (AvgIpc) is 2.75. The van der Waals surface area contributed by atoms with Gasteiger partial charge >= 0.3 is 0 Å². The summed E-state index contributed by atoms with van der Waals surface area (Å²) in [5.74, 6) is -0.653. The molecule has 2 aliphatic rings. The van der Waals surface area contributed by atoms with Crippen molar-refractivity contribution in [1.29, 1.82) is 0 Å². The zero-order valence-corrected chi connectivity index (χ0v) is 8.90. The summed E-state index contributed by atoms with van der Waals surface area (Å²) in [6.07, 6.45) is 1.92. The van der Waals surface area contributed by atoms with Crippen molar-refractivity contribution in [2.75, 3.05) is 11.5 Å². The Kier molecular flexibility index (Phi) is 3.03. The quantitative estimate of drug-likeness (QED) is 0.792. The predicted octanol–water partition coefficient (Wildman–Crippen LogP) is 2.54.